The summed E-state index contributed by atoms with van der Waals surface area (Å²) in [6.45, 7) is 4.86. The molecule has 0 bridgehead atoms. The Hall–Kier alpha value is -1.03. The van der Waals surface area contributed by atoms with Crippen molar-refractivity contribution in [2.75, 3.05) is 0 Å². The number of hydrogen-bond donors (Lipinski definition) is 2. The Morgan fingerprint density at radius 3 is 2.77 bits per heavy atom. The lowest BCUT2D eigenvalue weighted by Crippen LogP contribution is -2.57. The standard InChI is InChI=1S/C9H15NO3/c1-6-8(10-7(2)11)9(3,12)4-5-13-6/h4-6,8,12H,1-3H3,(H,10,11)/t6-,8-,9-/m0/s1. The summed E-state index contributed by atoms with van der Waals surface area (Å²) in [5, 5.41) is 12.5. The van der Waals surface area contributed by atoms with Gasteiger partial charge >= 0.3 is 0 Å². The van der Waals surface area contributed by atoms with E-state index in [1.165, 1.54) is 19.3 Å². The Balaban J connectivity index is 2.78. The third-order valence-electron chi connectivity index (χ3n) is 2.16. The highest BCUT2D eigenvalue weighted by Gasteiger charge is 2.37. The van der Waals surface area contributed by atoms with E-state index in [1.54, 1.807) is 13.8 Å². The number of hydrogen-bond acceptors (Lipinski definition) is 3. The van der Waals surface area contributed by atoms with Gasteiger partial charge in [-0.1, -0.05) is 0 Å². The van der Waals surface area contributed by atoms with Gasteiger partial charge in [-0.2, -0.15) is 0 Å². The average Bonchev–Trinajstić information content (AvgIpc) is 1.96. The van der Waals surface area contributed by atoms with Crippen molar-refractivity contribution in [3.05, 3.63) is 12.3 Å². The van der Waals surface area contributed by atoms with Crippen LogP contribution in [0.5, 0.6) is 0 Å². The van der Waals surface area contributed by atoms with Crippen molar-refractivity contribution in [2.45, 2.75) is 38.5 Å². The van der Waals surface area contributed by atoms with E-state index in [-0.39, 0.29) is 12.0 Å². The summed E-state index contributed by atoms with van der Waals surface area (Å²) in [5.41, 5.74) is -1.04. The highest BCUT2D eigenvalue weighted by Crippen LogP contribution is 2.21. The fourth-order valence-electron chi connectivity index (χ4n) is 1.44. The molecular weight excluding hydrogens is 170 g/mol. The van der Waals surface area contributed by atoms with Crippen molar-refractivity contribution in [1.82, 2.24) is 5.32 Å². The molecule has 3 atom stereocenters. The molecule has 4 heteroatoms. The van der Waals surface area contributed by atoms with E-state index in [0.29, 0.717) is 0 Å². The van der Waals surface area contributed by atoms with Crippen LogP contribution in [0.4, 0.5) is 0 Å². The molecule has 0 aromatic rings. The van der Waals surface area contributed by atoms with Crippen molar-refractivity contribution >= 4 is 5.91 Å². The number of carbonyl (C=O) groups is 1. The third kappa shape index (κ3) is 2.21. The Morgan fingerprint density at radius 1 is 1.69 bits per heavy atom. The maximum absolute atomic E-state index is 10.8. The molecule has 74 valence electrons. The van der Waals surface area contributed by atoms with Gasteiger partial charge in [-0.25, -0.2) is 0 Å². The Kier molecular flexibility index (Phi) is 2.61. The molecule has 0 saturated carbocycles. The zero-order chi connectivity index (χ0) is 10.1. The summed E-state index contributed by atoms with van der Waals surface area (Å²) < 4.78 is 5.17. The van der Waals surface area contributed by atoms with Crippen LogP contribution >= 0.6 is 0 Å². The average molecular weight is 185 g/mol. The van der Waals surface area contributed by atoms with Crippen LogP contribution in [-0.2, 0) is 9.53 Å². The Labute approximate surface area is 77.6 Å². The van der Waals surface area contributed by atoms with Crippen LogP contribution < -0.4 is 5.32 Å². The lowest BCUT2D eigenvalue weighted by atomic mass is 9.91. The van der Waals surface area contributed by atoms with Gasteiger partial charge in [0.1, 0.15) is 11.7 Å². The minimum atomic E-state index is -1.04. The van der Waals surface area contributed by atoms with Crippen molar-refractivity contribution in [2.24, 2.45) is 0 Å². The van der Waals surface area contributed by atoms with Crippen LogP contribution in [-0.4, -0.2) is 28.8 Å². The Morgan fingerprint density at radius 2 is 2.31 bits per heavy atom. The van der Waals surface area contributed by atoms with Crippen molar-refractivity contribution < 1.29 is 14.6 Å². The monoisotopic (exact) mass is 185 g/mol. The van der Waals surface area contributed by atoms with Gasteiger partial charge in [-0.15, -0.1) is 0 Å². The predicted octanol–water partition coefficient (Wildman–Crippen LogP) is 0.174. The van der Waals surface area contributed by atoms with Crippen LogP contribution in [0.25, 0.3) is 0 Å². The van der Waals surface area contributed by atoms with Gasteiger partial charge in [0.05, 0.1) is 12.3 Å². The molecule has 1 amide bonds. The zero-order valence-corrected chi connectivity index (χ0v) is 8.07. The van der Waals surface area contributed by atoms with Crippen molar-refractivity contribution in [3.8, 4) is 0 Å². The molecule has 0 spiro atoms. The Bertz CT molecular complexity index is 235. The number of rotatable bonds is 1. The first kappa shape index (κ1) is 10.1. The number of aliphatic hydroxyl groups is 1. The number of carbonyl (C=O) groups excluding carboxylic acids is 1. The first-order valence-electron chi connectivity index (χ1n) is 4.26. The van der Waals surface area contributed by atoms with E-state index in [0.717, 1.165) is 0 Å². The van der Waals surface area contributed by atoms with Crippen molar-refractivity contribution in [1.29, 1.82) is 0 Å². The molecule has 0 radical (unpaired) electrons. The topological polar surface area (TPSA) is 58.6 Å². The van der Waals surface area contributed by atoms with Gasteiger partial charge in [0.15, 0.2) is 0 Å². The summed E-state index contributed by atoms with van der Waals surface area (Å²) in [6.07, 6.45) is 2.78. The normalized spacial score (nSPS) is 38.2. The van der Waals surface area contributed by atoms with E-state index in [1.807, 2.05) is 0 Å². The van der Waals surface area contributed by atoms with Crippen LogP contribution in [0.3, 0.4) is 0 Å². The summed E-state index contributed by atoms with van der Waals surface area (Å²) in [6, 6.07) is -0.394. The maximum Gasteiger partial charge on any atom is 0.217 e. The molecule has 1 rings (SSSR count). The summed E-state index contributed by atoms with van der Waals surface area (Å²) >= 11 is 0. The molecule has 4 nitrogen and oxygen atoms in total. The van der Waals surface area contributed by atoms with Gasteiger partial charge in [-0.05, 0) is 19.9 Å². The number of ether oxygens (including phenoxy) is 1. The highest BCUT2D eigenvalue weighted by molar-refractivity contribution is 5.73. The molecule has 0 unspecified atom stereocenters. The van der Waals surface area contributed by atoms with Crippen LogP contribution in [0.15, 0.2) is 12.3 Å². The lowest BCUT2D eigenvalue weighted by molar-refractivity contribution is -0.123. The van der Waals surface area contributed by atoms with Gasteiger partial charge in [0.2, 0.25) is 5.91 Å². The zero-order valence-electron chi connectivity index (χ0n) is 8.07. The summed E-state index contributed by atoms with van der Waals surface area (Å²) in [7, 11) is 0. The van der Waals surface area contributed by atoms with Gasteiger partial charge < -0.3 is 15.2 Å². The smallest absolute Gasteiger partial charge is 0.217 e. The fourth-order valence-corrected chi connectivity index (χ4v) is 1.44. The molecule has 0 aromatic heterocycles. The molecule has 13 heavy (non-hydrogen) atoms. The lowest BCUT2D eigenvalue weighted by Gasteiger charge is -2.37. The van der Waals surface area contributed by atoms with E-state index < -0.39 is 11.6 Å². The minimum absolute atomic E-state index is 0.170. The number of amides is 1. The van der Waals surface area contributed by atoms with E-state index in [2.05, 4.69) is 5.32 Å². The molecule has 0 aromatic carbocycles. The summed E-state index contributed by atoms with van der Waals surface area (Å²) in [4.78, 5) is 10.8. The molecule has 1 heterocycles. The predicted molar refractivity (Wildman–Crippen MR) is 47.9 cm³/mol. The van der Waals surface area contributed by atoms with Gasteiger partial charge in [0, 0.05) is 6.92 Å². The van der Waals surface area contributed by atoms with Gasteiger partial charge in [0.25, 0.3) is 0 Å². The minimum Gasteiger partial charge on any atom is -0.496 e. The van der Waals surface area contributed by atoms with Crippen LogP contribution in [0, 0.1) is 0 Å². The second kappa shape index (κ2) is 3.38. The maximum atomic E-state index is 10.8. The van der Waals surface area contributed by atoms with E-state index in [4.69, 9.17) is 4.74 Å². The second-order valence-corrected chi connectivity index (χ2v) is 3.55. The molecule has 0 saturated heterocycles. The van der Waals surface area contributed by atoms with Crippen molar-refractivity contribution in [3.63, 3.8) is 0 Å². The highest BCUT2D eigenvalue weighted by atomic mass is 16.5. The quantitative estimate of drug-likeness (QED) is 0.612. The molecular formula is C9H15NO3. The van der Waals surface area contributed by atoms with E-state index >= 15 is 0 Å². The largest absolute Gasteiger partial charge is 0.496 e. The van der Waals surface area contributed by atoms with Gasteiger partial charge in [-0.3, -0.25) is 4.79 Å². The first-order valence-corrected chi connectivity index (χ1v) is 4.26. The second-order valence-electron chi connectivity index (χ2n) is 3.55. The molecule has 2 N–H and O–H groups in total. The SMILES string of the molecule is CC(=O)N[C@H]1[C@H](C)OC=C[C@]1(C)O. The summed E-state index contributed by atoms with van der Waals surface area (Å²) in [5.74, 6) is -0.170. The van der Waals surface area contributed by atoms with Crippen LogP contribution in [0.1, 0.15) is 20.8 Å². The number of nitrogens with one attached hydrogen (secondary N) is 1. The molecule has 1 aliphatic heterocycles. The van der Waals surface area contributed by atoms with E-state index in [9.17, 15) is 9.90 Å². The van der Waals surface area contributed by atoms with Crippen LogP contribution in [0.2, 0.25) is 0 Å². The first-order chi connectivity index (χ1) is 5.93. The molecule has 1 aliphatic rings. The third-order valence-corrected chi connectivity index (χ3v) is 2.16. The molecule has 0 fully saturated rings. The fraction of sp³-hybridized carbons (Fsp3) is 0.667. The molecule has 0 aliphatic carbocycles.